The molecule has 0 bridgehead atoms. The molecule has 11 rings (SSSR count). The van der Waals surface area contributed by atoms with E-state index in [1.165, 1.54) is 21.5 Å². The van der Waals surface area contributed by atoms with E-state index in [4.69, 9.17) is 4.42 Å². The predicted octanol–water partition coefficient (Wildman–Crippen LogP) is 12.0. The van der Waals surface area contributed by atoms with E-state index in [9.17, 15) is 4.79 Å². The quantitative estimate of drug-likeness (QED) is 0.178. The first-order chi connectivity index (χ1) is 25.2. The fourth-order valence-electron chi connectivity index (χ4n) is 8.16. The van der Waals surface area contributed by atoms with Crippen LogP contribution in [-0.2, 0) is 0 Å². The van der Waals surface area contributed by atoms with Gasteiger partial charge in [-0.15, -0.1) is 0 Å². The van der Waals surface area contributed by atoms with Crippen molar-refractivity contribution in [3.8, 4) is 22.5 Å². The number of para-hydroxylation sites is 3. The number of aromatic nitrogens is 2. The van der Waals surface area contributed by atoms with Crippen LogP contribution in [0, 0.1) is 0 Å². The van der Waals surface area contributed by atoms with Gasteiger partial charge in [-0.05, 0) is 88.6 Å². The van der Waals surface area contributed by atoms with Gasteiger partial charge in [0.15, 0.2) is 0 Å². The van der Waals surface area contributed by atoms with Crippen LogP contribution in [0.25, 0.3) is 98.8 Å². The molecule has 0 spiro atoms. The standard InChI is InChI=1S/C47H28N2O2/c50-47-38-27-32(31-19-18-29-10-4-5-11-30(29)26-31)20-24-43(38)51-44-25-21-34(28-39(44)47)49-40-16-8-6-14-35(40)36-22-23-42-45(46(36)49)37-15-7-9-17-41(37)48(42)33-12-2-1-3-13-33/h1-28H. The van der Waals surface area contributed by atoms with Gasteiger partial charge in [0, 0.05) is 32.9 Å². The molecule has 0 amide bonds. The Morgan fingerprint density at radius 2 is 1.04 bits per heavy atom. The summed E-state index contributed by atoms with van der Waals surface area (Å²) in [6.45, 7) is 0. The molecule has 0 N–H and O–H groups in total. The van der Waals surface area contributed by atoms with Crippen LogP contribution in [0.5, 0.6) is 0 Å². The maximum absolute atomic E-state index is 14.4. The van der Waals surface area contributed by atoms with E-state index in [2.05, 4.69) is 137 Å². The summed E-state index contributed by atoms with van der Waals surface area (Å²) in [5.41, 5.74) is 9.66. The maximum Gasteiger partial charge on any atom is 0.200 e. The van der Waals surface area contributed by atoms with Crippen molar-refractivity contribution in [2.45, 2.75) is 0 Å². The van der Waals surface area contributed by atoms with E-state index in [1.807, 2.05) is 42.5 Å². The van der Waals surface area contributed by atoms with E-state index in [1.54, 1.807) is 0 Å². The Morgan fingerprint density at radius 1 is 0.392 bits per heavy atom. The number of rotatable bonds is 3. The molecule has 3 aromatic heterocycles. The van der Waals surface area contributed by atoms with Crippen molar-refractivity contribution in [3.63, 3.8) is 0 Å². The number of fused-ring (bicyclic) bond motifs is 10. The number of nitrogens with zero attached hydrogens (tertiary/aromatic N) is 2. The van der Waals surface area contributed by atoms with Crippen LogP contribution in [0.2, 0.25) is 0 Å². The molecule has 0 unspecified atom stereocenters. The first kappa shape index (κ1) is 28.0. The largest absolute Gasteiger partial charge is 0.456 e. The van der Waals surface area contributed by atoms with Gasteiger partial charge in [0.1, 0.15) is 11.2 Å². The van der Waals surface area contributed by atoms with Crippen molar-refractivity contribution in [3.05, 3.63) is 180 Å². The maximum atomic E-state index is 14.4. The highest BCUT2D eigenvalue weighted by Crippen LogP contribution is 2.42. The lowest BCUT2D eigenvalue weighted by atomic mass is 9.99. The van der Waals surface area contributed by atoms with Gasteiger partial charge in [-0.3, -0.25) is 4.79 Å². The first-order valence-corrected chi connectivity index (χ1v) is 17.2. The van der Waals surface area contributed by atoms with Crippen LogP contribution in [0.15, 0.2) is 179 Å². The third-order valence-electron chi connectivity index (χ3n) is 10.5. The summed E-state index contributed by atoms with van der Waals surface area (Å²) in [6.07, 6.45) is 0. The van der Waals surface area contributed by atoms with Crippen molar-refractivity contribution < 1.29 is 4.42 Å². The zero-order valence-corrected chi connectivity index (χ0v) is 27.4. The van der Waals surface area contributed by atoms with E-state index in [0.717, 1.165) is 55.3 Å². The normalized spacial score (nSPS) is 12.0. The van der Waals surface area contributed by atoms with Gasteiger partial charge in [0.05, 0.1) is 32.8 Å². The topological polar surface area (TPSA) is 40.1 Å². The third kappa shape index (κ3) is 4.05. The number of hydrogen-bond acceptors (Lipinski definition) is 2. The molecule has 8 aromatic carbocycles. The van der Waals surface area contributed by atoms with Gasteiger partial charge in [-0.1, -0.05) is 103 Å². The summed E-state index contributed by atoms with van der Waals surface area (Å²) < 4.78 is 11.1. The summed E-state index contributed by atoms with van der Waals surface area (Å²) in [5.74, 6) is 0. The van der Waals surface area contributed by atoms with Gasteiger partial charge in [-0.25, -0.2) is 0 Å². The molecule has 3 heterocycles. The highest BCUT2D eigenvalue weighted by atomic mass is 16.3. The zero-order valence-electron chi connectivity index (χ0n) is 27.4. The monoisotopic (exact) mass is 652 g/mol. The minimum absolute atomic E-state index is 0.0395. The molecule has 0 aliphatic carbocycles. The Kier molecular flexibility index (Phi) is 5.78. The summed E-state index contributed by atoms with van der Waals surface area (Å²) in [7, 11) is 0. The number of hydrogen-bond donors (Lipinski definition) is 0. The molecule has 0 saturated carbocycles. The molecule has 0 aliphatic heterocycles. The summed E-state index contributed by atoms with van der Waals surface area (Å²) in [5, 5.41) is 8.16. The van der Waals surface area contributed by atoms with Gasteiger partial charge < -0.3 is 13.6 Å². The van der Waals surface area contributed by atoms with Crippen LogP contribution in [-0.4, -0.2) is 9.13 Å². The number of benzene rings is 8. The molecule has 0 fully saturated rings. The molecule has 4 heteroatoms. The molecule has 238 valence electrons. The molecule has 0 atom stereocenters. The van der Waals surface area contributed by atoms with Crippen molar-refractivity contribution >= 4 is 76.3 Å². The SMILES string of the molecule is O=c1c2cc(-c3ccc4ccccc4c3)ccc2oc2ccc(-n3c4ccccc4c4ccc5c(c6ccccc6n5-c5ccccc5)c43)cc12. The molecule has 4 nitrogen and oxygen atoms in total. The molecular formula is C47H28N2O2. The minimum atomic E-state index is -0.0395. The van der Waals surface area contributed by atoms with Crippen LogP contribution >= 0.6 is 0 Å². The molecule has 0 saturated heterocycles. The van der Waals surface area contributed by atoms with E-state index >= 15 is 0 Å². The van der Waals surface area contributed by atoms with Crippen LogP contribution in [0.1, 0.15) is 0 Å². The minimum Gasteiger partial charge on any atom is -0.456 e. The fraction of sp³-hybridized carbons (Fsp3) is 0. The lowest BCUT2D eigenvalue weighted by Gasteiger charge is -2.11. The first-order valence-electron chi connectivity index (χ1n) is 17.2. The average molecular weight is 653 g/mol. The zero-order chi connectivity index (χ0) is 33.6. The predicted molar refractivity (Wildman–Crippen MR) is 212 cm³/mol. The summed E-state index contributed by atoms with van der Waals surface area (Å²) in [4.78, 5) is 14.4. The van der Waals surface area contributed by atoms with E-state index in [-0.39, 0.29) is 5.43 Å². The second-order valence-corrected chi connectivity index (χ2v) is 13.3. The molecule has 0 aliphatic rings. The van der Waals surface area contributed by atoms with Crippen LogP contribution in [0.3, 0.4) is 0 Å². The lowest BCUT2D eigenvalue weighted by molar-refractivity contribution is 0.660. The van der Waals surface area contributed by atoms with Crippen LogP contribution in [0.4, 0.5) is 0 Å². The second kappa shape index (κ2) is 10.5. The Balaban J connectivity index is 1.19. The molecule has 0 radical (unpaired) electrons. The fourth-order valence-corrected chi connectivity index (χ4v) is 8.16. The lowest BCUT2D eigenvalue weighted by Crippen LogP contribution is -2.04. The second-order valence-electron chi connectivity index (χ2n) is 13.3. The van der Waals surface area contributed by atoms with Crippen molar-refractivity contribution in [2.75, 3.05) is 0 Å². The highest BCUT2D eigenvalue weighted by Gasteiger charge is 2.21. The van der Waals surface area contributed by atoms with Crippen molar-refractivity contribution in [1.29, 1.82) is 0 Å². The average Bonchev–Trinajstić information content (AvgIpc) is 3.71. The van der Waals surface area contributed by atoms with E-state index < -0.39 is 0 Å². The third-order valence-corrected chi connectivity index (χ3v) is 10.5. The van der Waals surface area contributed by atoms with Gasteiger partial charge in [-0.2, -0.15) is 0 Å². The van der Waals surface area contributed by atoms with Crippen molar-refractivity contribution in [1.82, 2.24) is 9.13 Å². The molecular weight excluding hydrogens is 625 g/mol. The van der Waals surface area contributed by atoms with Gasteiger partial charge >= 0.3 is 0 Å². The molecule has 11 aromatic rings. The Labute approximate surface area is 291 Å². The summed E-state index contributed by atoms with van der Waals surface area (Å²) in [6, 6.07) is 58.9. The van der Waals surface area contributed by atoms with Gasteiger partial charge in [0.25, 0.3) is 0 Å². The van der Waals surface area contributed by atoms with Crippen LogP contribution < -0.4 is 5.43 Å². The highest BCUT2D eigenvalue weighted by molar-refractivity contribution is 6.26. The molecule has 51 heavy (non-hydrogen) atoms. The Morgan fingerprint density at radius 3 is 1.88 bits per heavy atom. The summed E-state index contributed by atoms with van der Waals surface area (Å²) >= 11 is 0. The smallest absolute Gasteiger partial charge is 0.200 e. The van der Waals surface area contributed by atoms with Crippen molar-refractivity contribution in [2.24, 2.45) is 0 Å². The van der Waals surface area contributed by atoms with E-state index in [0.29, 0.717) is 21.9 Å². The Hall–Kier alpha value is -6.91. The van der Waals surface area contributed by atoms with Gasteiger partial charge in [0.2, 0.25) is 5.43 Å². The Bertz CT molecular complexity index is 3270.